The zero-order valence-electron chi connectivity index (χ0n) is 11.9. The van der Waals surface area contributed by atoms with Crippen LogP contribution < -0.4 is 10.6 Å². The molecule has 4 nitrogen and oxygen atoms in total. The van der Waals surface area contributed by atoms with Gasteiger partial charge < -0.3 is 5.11 Å². The highest BCUT2D eigenvalue weighted by Gasteiger charge is 2.18. The molecule has 0 bridgehead atoms. The van der Waals surface area contributed by atoms with Gasteiger partial charge in [-0.2, -0.15) is 0 Å². The fraction of sp³-hybridized carbons (Fsp3) is 0.167. The van der Waals surface area contributed by atoms with Crippen molar-refractivity contribution in [1.29, 1.82) is 0 Å². The maximum Gasteiger partial charge on any atom is 0.307 e. The number of fused-ring (bicyclic) bond motifs is 1. The Morgan fingerprint density at radius 2 is 1.86 bits per heavy atom. The SMILES string of the molecule is O=C(O)Cc1ccc2c(c1)=CC(Cc1ccccc1)C(=O)N=2. The fourth-order valence-electron chi connectivity index (χ4n) is 2.63. The molecule has 0 saturated carbocycles. The number of aliphatic carboxylic acids is 1. The van der Waals surface area contributed by atoms with Crippen LogP contribution in [0.3, 0.4) is 0 Å². The normalized spacial score (nSPS) is 16.4. The summed E-state index contributed by atoms with van der Waals surface area (Å²) in [7, 11) is 0. The molecular formula is C18H15NO3. The van der Waals surface area contributed by atoms with Gasteiger partial charge >= 0.3 is 5.97 Å². The van der Waals surface area contributed by atoms with Crippen LogP contribution in [-0.2, 0) is 22.4 Å². The van der Waals surface area contributed by atoms with Crippen molar-refractivity contribution in [2.45, 2.75) is 12.8 Å². The molecule has 4 heteroatoms. The lowest BCUT2D eigenvalue weighted by Gasteiger charge is -2.12. The molecule has 2 aromatic rings. The fourth-order valence-corrected chi connectivity index (χ4v) is 2.63. The van der Waals surface area contributed by atoms with E-state index in [9.17, 15) is 9.59 Å². The summed E-state index contributed by atoms with van der Waals surface area (Å²) in [5, 5.41) is 10.3. The van der Waals surface area contributed by atoms with E-state index < -0.39 is 5.97 Å². The van der Waals surface area contributed by atoms with Crippen molar-refractivity contribution < 1.29 is 14.7 Å². The van der Waals surface area contributed by atoms with Crippen molar-refractivity contribution in [3.8, 4) is 0 Å². The van der Waals surface area contributed by atoms with E-state index in [4.69, 9.17) is 5.11 Å². The molecule has 110 valence electrons. The smallest absolute Gasteiger partial charge is 0.307 e. The maximum absolute atomic E-state index is 12.1. The molecule has 1 atom stereocenters. The van der Waals surface area contributed by atoms with Crippen molar-refractivity contribution >= 4 is 18.0 Å². The van der Waals surface area contributed by atoms with Gasteiger partial charge in [-0.15, -0.1) is 0 Å². The van der Waals surface area contributed by atoms with E-state index in [1.54, 1.807) is 18.2 Å². The first kappa shape index (κ1) is 14.2. The molecule has 1 heterocycles. The van der Waals surface area contributed by atoms with Crippen LogP contribution in [0.5, 0.6) is 0 Å². The van der Waals surface area contributed by atoms with Gasteiger partial charge in [-0.3, -0.25) is 9.59 Å². The van der Waals surface area contributed by atoms with E-state index in [0.717, 1.165) is 10.8 Å². The monoisotopic (exact) mass is 293 g/mol. The average molecular weight is 293 g/mol. The van der Waals surface area contributed by atoms with Crippen molar-refractivity contribution in [3.63, 3.8) is 0 Å². The Morgan fingerprint density at radius 1 is 1.09 bits per heavy atom. The molecule has 3 rings (SSSR count). The van der Waals surface area contributed by atoms with E-state index in [1.165, 1.54) is 0 Å². The maximum atomic E-state index is 12.1. The number of hydrogen-bond donors (Lipinski definition) is 1. The highest BCUT2D eigenvalue weighted by molar-refractivity contribution is 5.86. The predicted molar refractivity (Wildman–Crippen MR) is 81.7 cm³/mol. The highest BCUT2D eigenvalue weighted by atomic mass is 16.4. The Hall–Kier alpha value is -2.75. The van der Waals surface area contributed by atoms with Gasteiger partial charge in [0.1, 0.15) is 0 Å². The third-order valence-corrected chi connectivity index (χ3v) is 3.67. The number of carboxylic acid groups (broad SMARTS) is 1. The van der Waals surface area contributed by atoms with E-state index >= 15 is 0 Å². The van der Waals surface area contributed by atoms with E-state index in [1.807, 2.05) is 36.4 Å². The third-order valence-electron chi connectivity index (χ3n) is 3.67. The van der Waals surface area contributed by atoms with Crippen molar-refractivity contribution in [1.82, 2.24) is 0 Å². The van der Waals surface area contributed by atoms with Crippen LogP contribution in [0, 0.1) is 5.92 Å². The second-order valence-corrected chi connectivity index (χ2v) is 5.38. The minimum Gasteiger partial charge on any atom is -0.481 e. The summed E-state index contributed by atoms with van der Waals surface area (Å²) >= 11 is 0. The lowest BCUT2D eigenvalue weighted by atomic mass is 9.95. The van der Waals surface area contributed by atoms with Gasteiger partial charge in [0.15, 0.2) is 0 Å². The summed E-state index contributed by atoms with van der Waals surface area (Å²) in [6.45, 7) is 0. The van der Waals surface area contributed by atoms with E-state index in [2.05, 4.69) is 4.99 Å². The first-order valence-corrected chi connectivity index (χ1v) is 7.11. The second kappa shape index (κ2) is 5.93. The zero-order chi connectivity index (χ0) is 15.5. The minimum atomic E-state index is -0.871. The predicted octanol–water partition coefficient (Wildman–Crippen LogP) is 1.11. The number of hydrogen-bond acceptors (Lipinski definition) is 2. The minimum absolute atomic E-state index is 0.0293. The molecular weight excluding hydrogens is 278 g/mol. The van der Waals surface area contributed by atoms with Gasteiger partial charge in [0.25, 0.3) is 5.91 Å². The average Bonchev–Trinajstić information content (AvgIpc) is 2.49. The molecule has 1 aliphatic rings. The molecule has 1 N–H and O–H groups in total. The Bertz CT molecular complexity index is 840. The Labute approximate surface area is 127 Å². The topological polar surface area (TPSA) is 66.7 Å². The number of rotatable bonds is 4. The van der Waals surface area contributed by atoms with Crippen molar-refractivity contribution in [3.05, 3.63) is 70.2 Å². The first-order chi connectivity index (χ1) is 10.6. The Morgan fingerprint density at radius 3 is 2.59 bits per heavy atom. The molecule has 1 amide bonds. The number of amides is 1. The summed E-state index contributed by atoms with van der Waals surface area (Å²) in [6, 6.07) is 15.0. The Kier molecular flexibility index (Phi) is 3.83. The van der Waals surface area contributed by atoms with Gasteiger partial charge in [-0.1, -0.05) is 42.5 Å². The van der Waals surface area contributed by atoms with Gasteiger partial charge in [0.2, 0.25) is 0 Å². The summed E-state index contributed by atoms with van der Waals surface area (Å²) < 4.78 is 0. The molecule has 0 spiro atoms. The largest absolute Gasteiger partial charge is 0.481 e. The quantitative estimate of drug-likeness (QED) is 0.918. The molecule has 1 aliphatic heterocycles. The number of nitrogens with zero attached hydrogens (tertiary/aromatic N) is 1. The molecule has 0 saturated heterocycles. The Balaban J connectivity index is 1.94. The van der Waals surface area contributed by atoms with Crippen LogP contribution in [0.2, 0.25) is 0 Å². The standard InChI is InChI=1S/C18H15NO3/c20-17(21)10-13-6-7-16-14(9-13)11-15(18(22)19-16)8-12-4-2-1-3-5-12/h1-7,9,11,15H,8,10H2,(H,20,21). The highest BCUT2D eigenvalue weighted by Crippen LogP contribution is 2.13. The molecule has 0 fully saturated rings. The van der Waals surface area contributed by atoms with Gasteiger partial charge in [-0.05, 0) is 34.9 Å². The summed E-state index contributed by atoms with van der Waals surface area (Å²) in [6.07, 6.45) is 2.47. The molecule has 1 unspecified atom stereocenters. The van der Waals surface area contributed by atoms with Crippen LogP contribution in [0.25, 0.3) is 6.08 Å². The van der Waals surface area contributed by atoms with Gasteiger partial charge in [-0.25, -0.2) is 4.99 Å². The van der Waals surface area contributed by atoms with E-state index in [-0.39, 0.29) is 18.2 Å². The molecule has 0 aromatic heterocycles. The van der Waals surface area contributed by atoms with Crippen LogP contribution in [0.15, 0.2) is 53.5 Å². The summed E-state index contributed by atoms with van der Waals surface area (Å²) in [5.74, 6) is -1.32. The van der Waals surface area contributed by atoms with Crippen LogP contribution in [-0.4, -0.2) is 17.0 Å². The number of carbonyl (C=O) groups excluding carboxylic acids is 1. The first-order valence-electron chi connectivity index (χ1n) is 7.11. The van der Waals surface area contributed by atoms with Crippen molar-refractivity contribution in [2.75, 3.05) is 0 Å². The molecule has 2 aromatic carbocycles. The number of carbonyl (C=O) groups is 2. The molecule has 22 heavy (non-hydrogen) atoms. The summed E-state index contributed by atoms with van der Waals surface area (Å²) in [4.78, 5) is 27.1. The summed E-state index contributed by atoms with van der Waals surface area (Å²) in [5.41, 5.74) is 1.79. The van der Waals surface area contributed by atoms with Gasteiger partial charge in [0, 0.05) is 0 Å². The zero-order valence-corrected chi connectivity index (χ0v) is 11.9. The number of carboxylic acids is 1. The second-order valence-electron chi connectivity index (χ2n) is 5.38. The van der Waals surface area contributed by atoms with Crippen LogP contribution in [0.1, 0.15) is 11.1 Å². The molecule has 0 radical (unpaired) electrons. The molecule has 0 aliphatic carbocycles. The van der Waals surface area contributed by atoms with Crippen LogP contribution >= 0.6 is 0 Å². The lowest BCUT2D eigenvalue weighted by molar-refractivity contribution is -0.136. The number of benzene rings is 2. The van der Waals surface area contributed by atoms with Crippen LogP contribution in [0.4, 0.5) is 0 Å². The van der Waals surface area contributed by atoms with E-state index in [0.29, 0.717) is 17.3 Å². The van der Waals surface area contributed by atoms with Gasteiger partial charge in [0.05, 0.1) is 17.7 Å². The third kappa shape index (κ3) is 3.11. The lowest BCUT2D eigenvalue weighted by Crippen LogP contribution is -2.34. The van der Waals surface area contributed by atoms with Crippen molar-refractivity contribution in [2.24, 2.45) is 10.9 Å².